The molecule has 1 aromatic heterocycles. The highest BCUT2D eigenvalue weighted by Crippen LogP contribution is 2.25. The van der Waals surface area contributed by atoms with Crippen LogP contribution < -0.4 is 0 Å². The van der Waals surface area contributed by atoms with Crippen LogP contribution in [0.3, 0.4) is 0 Å². The lowest BCUT2D eigenvalue weighted by Gasteiger charge is -2.08. The predicted molar refractivity (Wildman–Crippen MR) is 57.9 cm³/mol. The number of hydrogen-bond donors (Lipinski definition) is 2. The lowest BCUT2D eigenvalue weighted by molar-refractivity contribution is -0.139. The minimum absolute atomic E-state index is 0.316. The third-order valence-electron chi connectivity index (χ3n) is 2.47. The van der Waals surface area contributed by atoms with Crippen LogP contribution in [0.15, 0.2) is 24.3 Å². The molecule has 0 fully saturated rings. The van der Waals surface area contributed by atoms with Crippen molar-refractivity contribution < 1.29 is 15.0 Å². The number of carboxylic acid groups (broad SMARTS) is 1. The van der Waals surface area contributed by atoms with Gasteiger partial charge >= 0.3 is 5.97 Å². The van der Waals surface area contributed by atoms with Gasteiger partial charge in [-0.3, -0.25) is 9.48 Å². The van der Waals surface area contributed by atoms with Crippen molar-refractivity contribution in [3.63, 3.8) is 0 Å². The molecule has 0 saturated heterocycles. The fraction of sp³-hybridized carbons (Fsp3) is 0.273. The number of benzene rings is 1. The first-order valence-corrected chi connectivity index (χ1v) is 4.91. The van der Waals surface area contributed by atoms with Gasteiger partial charge in [-0.1, -0.05) is 18.2 Å². The second kappa shape index (κ2) is 3.94. The number of hydrogen-bond acceptors (Lipinski definition) is 3. The van der Waals surface area contributed by atoms with Crippen LogP contribution in [0.2, 0.25) is 0 Å². The van der Waals surface area contributed by atoms with E-state index in [1.54, 1.807) is 7.05 Å². The van der Waals surface area contributed by atoms with E-state index in [9.17, 15) is 9.90 Å². The second-order valence-electron chi connectivity index (χ2n) is 3.64. The number of aliphatic hydroxyl groups is 1. The Hall–Kier alpha value is -1.88. The zero-order valence-electron chi connectivity index (χ0n) is 8.79. The van der Waals surface area contributed by atoms with Crippen molar-refractivity contribution in [3.8, 4) is 0 Å². The van der Waals surface area contributed by atoms with Gasteiger partial charge in [0.2, 0.25) is 0 Å². The molecule has 1 heterocycles. The van der Waals surface area contributed by atoms with Crippen molar-refractivity contribution in [2.75, 3.05) is 0 Å². The molecule has 0 aliphatic carbocycles. The fourth-order valence-corrected chi connectivity index (χ4v) is 1.82. The van der Waals surface area contributed by atoms with E-state index in [1.165, 1.54) is 4.68 Å². The van der Waals surface area contributed by atoms with Gasteiger partial charge < -0.3 is 10.2 Å². The molecule has 0 radical (unpaired) electrons. The summed E-state index contributed by atoms with van der Waals surface area (Å²) in [5.41, 5.74) is 1.29. The number of aliphatic hydroxyl groups excluding tert-OH is 1. The first-order chi connectivity index (χ1) is 7.59. The van der Waals surface area contributed by atoms with Crippen LogP contribution in [0.25, 0.3) is 10.9 Å². The minimum Gasteiger partial charge on any atom is -0.481 e. The Bertz CT molecular complexity index is 533. The van der Waals surface area contributed by atoms with Crippen LogP contribution >= 0.6 is 0 Å². The summed E-state index contributed by atoms with van der Waals surface area (Å²) in [5, 5.41) is 23.5. The van der Waals surface area contributed by atoms with Crippen LogP contribution in [0.4, 0.5) is 0 Å². The van der Waals surface area contributed by atoms with Gasteiger partial charge in [-0.05, 0) is 6.07 Å². The minimum atomic E-state index is -1.03. The summed E-state index contributed by atoms with van der Waals surface area (Å²) in [6, 6.07) is 7.33. The Morgan fingerprint density at radius 3 is 2.88 bits per heavy atom. The smallest absolute Gasteiger partial charge is 0.306 e. The Labute approximate surface area is 91.9 Å². The molecule has 1 atom stereocenters. The highest BCUT2D eigenvalue weighted by Gasteiger charge is 2.19. The van der Waals surface area contributed by atoms with E-state index in [4.69, 9.17) is 5.11 Å². The first-order valence-electron chi connectivity index (χ1n) is 4.91. The van der Waals surface area contributed by atoms with Gasteiger partial charge in [-0.2, -0.15) is 5.10 Å². The molecule has 84 valence electrons. The molecular weight excluding hydrogens is 208 g/mol. The van der Waals surface area contributed by atoms with Gasteiger partial charge in [0.1, 0.15) is 6.10 Å². The number of rotatable bonds is 3. The van der Waals surface area contributed by atoms with Crippen molar-refractivity contribution in [2.24, 2.45) is 7.05 Å². The molecule has 1 aromatic carbocycles. The molecule has 2 rings (SSSR count). The topological polar surface area (TPSA) is 75.3 Å². The van der Waals surface area contributed by atoms with E-state index >= 15 is 0 Å². The summed E-state index contributed by atoms with van der Waals surface area (Å²) >= 11 is 0. The van der Waals surface area contributed by atoms with E-state index < -0.39 is 12.1 Å². The number of carboxylic acids is 1. The molecule has 0 aliphatic heterocycles. The molecule has 5 heteroatoms. The highest BCUT2D eigenvalue weighted by atomic mass is 16.4. The van der Waals surface area contributed by atoms with Crippen molar-refractivity contribution in [3.05, 3.63) is 30.0 Å². The lowest BCUT2D eigenvalue weighted by atomic mass is 10.1. The Balaban J connectivity index is 2.50. The van der Waals surface area contributed by atoms with Crippen LogP contribution in [0, 0.1) is 0 Å². The molecule has 0 spiro atoms. The molecule has 0 bridgehead atoms. The van der Waals surface area contributed by atoms with Crippen LogP contribution in [-0.4, -0.2) is 26.0 Å². The Morgan fingerprint density at radius 2 is 2.19 bits per heavy atom. The maximum atomic E-state index is 10.6. The van der Waals surface area contributed by atoms with E-state index in [0.717, 1.165) is 10.9 Å². The summed E-state index contributed by atoms with van der Waals surface area (Å²) in [6.07, 6.45) is -1.35. The fourth-order valence-electron chi connectivity index (χ4n) is 1.82. The van der Waals surface area contributed by atoms with E-state index in [-0.39, 0.29) is 6.42 Å². The van der Waals surface area contributed by atoms with Crippen LogP contribution in [0.1, 0.15) is 18.2 Å². The summed E-state index contributed by atoms with van der Waals surface area (Å²) in [7, 11) is 1.69. The quantitative estimate of drug-likeness (QED) is 0.811. The van der Waals surface area contributed by atoms with Gasteiger partial charge in [0.15, 0.2) is 0 Å². The van der Waals surface area contributed by atoms with Crippen LogP contribution in [-0.2, 0) is 11.8 Å². The van der Waals surface area contributed by atoms with Gasteiger partial charge in [-0.25, -0.2) is 0 Å². The SMILES string of the molecule is Cn1nc2ccccc2c1[C@H](O)CC(=O)O. The molecule has 0 saturated carbocycles. The molecule has 0 unspecified atom stereocenters. The summed E-state index contributed by atoms with van der Waals surface area (Å²) in [6.45, 7) is 0. The van der Waals surface area contributed by atoms with E-state index in [0.29, 0.717) is 5.69 Å². The molecule has 0 aliphatic rings. The average molecular weight is 220 g/mol. The number of aromatic nitrogens is 2. The van der Waals surface area contributed by atoms with E-state index in [2.05, 4.69) is 5.10 Å². The highest BCUT2D eigenvalue weighted by molar-refractivity contribution is 5.82. The zero-order chi connectivity index (χ0) is 11.7. The number of carbonyl (C=O) groups is 1. The molecular formula is C11H12N2O3. The van der Waals surface area contributed by atoms with Gasteiger partial charge in [0.05, 0.1) is 17.6 Å². The normalized spacial score (nSPS) is 12.9. The van der Waals surface area contributed by atoms with Crippen molar-refractivity contribution in [2.45, 2.75) is 12.5 Å². The largest absolute Gasteiger partial charge is 0.481 e. The number of aryl methyl sites for hydroxylation is 1. The Kier molecular flexibility index (Phi) is 2.62. The molecule has 2 N–H and O–H groups in total. The standard InChI is InChI=1S/C11H12N2O3/c1-13-11(9(14)6-10(15)16)7-4-2-3-5-8(7)12-13/h2-5,9,14H,6H2,1H3,(H,15,16)/t9-/m1/s1. The first kappa shape index (κ1) is 10.6. The van der Waals surface area contributed by atoms with Gasteiger partial charge in [-0.15, -0.1) is 0 Å². The average Bonchev–Trinajstić information content (AvgIpc) is 2.52. The molecule has 0 amide bonds. The summed E-state index contributed by atoms with van der Waals surface area (Å²) in [5.74, 6) is -1.03. The summed E-state index contributed by atoms with van der Waals surface area (Å²) in [4.78, 5) is 10.6. The van der Waals surface area contributed by atoms with E-state index in [1.807, 2.05) is 24.3 Å². The van der Waals surface area contributed by atoms with Crippen LogP contribution in [0.5, 0.6) is 0 Å². The summed E-state index contributed by atoms with van der Waals surface area (Å²) < 4.78 is 1.53. The van der Waals surface area contributed by atoms with Gasteiger partial charge in [0.25, 0.3) is 0 Å². The Morgan fingerprint density at radius 1 is 1.50 bits per heavy atom. The van der Waals surface area contributed by atoms with Gasteiger partial charge in [0, 0.05) is 12.4 Å². The maximum Gasteiger partial charge on any atom is 0.306 e. The lowest BCUT2D eigenvalue weighted by Crippen LogP contribution is -2.10. The zero-order valence-corrected chi connectivity index (χ0v) is 8.79. The third kappa shape index (κ3) is 1.77. The molecule has 5 nitrogen and oxygen atoms in total. The second-order valence-corrected chi connectivity index (χ2v) is 3.64. The predicted octanol–water partition coefficient (Wildman–Crippen LogP) is 1.08. The van der Waals surface area contributed by atoms with Crippen molar-refractivity contribution >= 4 is 16.9 Å². The number of nitrogens with zero attached hydrogens (tertiary/aromatic N) is 2. The third-order valence-corrected chi connectivity index (χ3v) is 2.47. The van der Waals surface area contributed by atoms with Crippen molar-refractivity contribution in [1.29, 1.82) is 0 Å². The molecule has 2 aromatic rings. The molecule has 16 heavy (non-hydrogen) atoms. The number of fused-ring (bicyclic) bond motifs is 1. The monoisotopic (exact) mass is 220 g/mol. The number of aliphatic carboxylic acids is 1. The van der Waals surface area contributed by atoms with Crippen molar-refractivity contribution in [1.82, 2.24) is 9.78 Å². The maximum absolute atomic E-state index is 10.6.